The van der Waals surface area contributed by atoms with E-state index >= 15 is 0 Å². The first-order valence-electron chi connectivity index (χ1n) is 5.66. The van der Waals surface area contributed by atoms with Crippen molar-refractivity contribution in [3.05, 3.63) is 0 Å². The quantitative estimate of drug-likeness (QED) is 0.562. The van der Waals surface area contributed by atoms with E-state index < -0.39 is 21.3 Å². The first kappa shape index (κ1) is 17.3. The number of carbonyl (C=O) groups is 1. The molecule has 18 heavy (non-hydrogen) atoms. The fraction of sp³-hybridized carbons (Fsp3) is 0.800. The van der Waals surface area contributed by atoms with Crippen molar-refractivity contribution < 1.29 is 13.2 Å². The predicted octanol–water partition coefficient (Wildman–Crippen LogP) is -0.259. The molecule has 6 nitrogen and oxygen atoms in total. The molecule has 106 valence electrons. The van der Waals surface area contributed by atoms with Gasteiger partial charge in [0, 0.05) is 6.54 Å². The average molecular weight is 295 g/mol. The molecular formula is C10H21N3O3S2. The zero-order chi connectivity index (χ0) is 14.5. The fourth-order valence-electron chi connectivity index (χ4n) is 1.01. The number of nitrogens with one attached hydrogen (secondary N) is 2. The molecule has 0 fully saturated rings. The van der Waals surface area contributed by atoms with Crippen molar-refractivity contribution >= 4 is 33.1 Å². The highest BCUT2D eigenvalue weighted by Crippen LogP contribution is 2.00. The monoisotopic (exact) mass is 295 g/mol. The van der Waals surface area contributed by atoms with E-state index in [-0.39, 0.29) is 10.9 Å². The SMILES string of the molecule is CC(C)CNC(=O)C(C)NS(=O)(=O)C(C)C(N)=S. The van der Waals surface area contributed by atoms with Crippen LogP contribution < -0.4 is 15.8 Å². The Balaban J connectivity index is 4.51. The van der Waals surface area contributed by atoms with Crippen LogP contribution in [0.25, 0.3) is 0 Å². The van der Waals surface area contributed by atoms with Crippen molar-refractivity contribution in [1.82, 2.24) is 10.0 Å². The third kappa shape index (κ3) is 5.74. The number of carbonyl (C=O) groups excluding carboxylic acids is 1. The summed E-state index contributed by atoms with van der Waals surface area (Å²) in [6.07, 6.45) is 0. The summed E-state index contributed by atoms with van der Waals surface area (Å²) in [4.78, 5) is 11.5. The van der Waals surface area contributed by atoms with Crippen molar-refractivity contribution in [2.75, 3.05) is 6.54 Å². The Morgan fingerprint density at radius 3 is 2.17 bits per heavy atom. The molecule has 0 heterocycles. The summed E-state index contributed by atoms with van der Waals surface area (Å²) in [5.41, 5.74) is 5.28. The third-order valence-corrected chi connectivity index (χ3v) is 4.65. The fourth-order valence-corrected chi connectivity index (χ4v) is 2.50. The Bertz CT molecular complexity index is 407. The second-order valence-corrected chi connectivity index (χ2v) is 7.07. The zero-order valence-corrected chi connectivity index (χ0v) is 12.7. The molecule has 0 bridgehead atoms. The van der Waals surface area contributed by atoms with Crippen molar-refractivity contribution in [2.45, 2.75) is 39.0 Å². The Hall–Kier alpha value is -0.730. The minimum absolute atomic E-state index is 0.128. The molecule has 8 heteroatoms. The summed E-state index contributed by atoms with van der Waals surface area (Å²) in [7, 11) is -3.72. The van der Waals surface area contributed by atoms with Crippen LogP contribution in [-0.2, 0) is 14.8 Å². The topological polar surface area (TPSA) is 101 Å². The van der Waals surface area contributed by atoms with Gasteiger partial charge in [-0.05, 0) is 19.8 Å². The lowest BCUT2D eigenvalue weighted by molar-refractivity contribution is -0.122. The predicted molar refractivity (Wildman–Crippen MR) is 75.6 cm³/mol. The number of sulfonamides is 1. The molecule has 2 unspecified atom stereocenters. The molecule has 0 aliphatic heterocycles. The van der Waals surface area contributed by atoms with Gasteiger partial charge >= 0.3 is 0 Å². The molecule has 0 aliphatic rings. The van der Waals surface area contributed by atoms with Crippen LogP contribution in [0.2, 0.25) is 0 Å². The maximum atomic E-state index is 11.8. The molecule has 0 aromatic carbocycles. The van der Waals surface area contributed by atoms with Crippen LogP contribution in [-0.4, -0.2) is 37.2 Å². The molecule has 0 saturated heterocycles. The van der Waals surface area contributed by atoms with Gasteiger partial charge in [-0.15, -0.1) is 0 Å². The summed E-state index contributed by atoms with van der Waals surface area (Å²) < 4.78 is 25.8. The van der Waals surface area contributed by atoms with Crippen molar-refractivity contribution in [3.8, 4) is 0 Å². The number of thiocarbonyl (C=S) groups is 1. The summed E-state index contributed by atoms with van der Waals surface area (Å²) in [5.74, 6) is -0.0734. The minimum atomic E-state index is -3.72. The van der Waals surface area contributed by atoms with Gasteiger partial charge in [0.1, 0.15) is 5.25 Å². The largest absolute Gasteiger partial charge is 0.392 e. The first-order chi connectivity index (χ1) is 8.08. The van der Waals surface area contributed by atoms with E-state index in [9.17, 15) is 13.2 Å². The van der Waals surface area contributed by atoms with Crippen LogP contribution in [0.5, 0.6) is 0 Å². The van der Waals surface area contributed by atoms with Crippen molar-refractivity contribution in [2.24, 2.45) is 11.7 Å². The molecule has 0 aliphatic carbocycles. The standard InChI is InChI=1S/C10H21N3O3S2/c1-6(2)5-12-10(14)7(3)13-18(15,16)8(4)9(11)17/h6-8,13H,5H2,1-4H3,(H2,11,17)(H,12,14). The van der Waals surface area contributed by atoms with E-state index in [1.54, 1.807) is 0 Å². The maximum Gasteiger partial charge on any atom is 0.237 e. The highest BCUT2D eigenvalue weighted by molar-refractivity contribution is 7.93. The lowest BCUT2D eigenvalue weighted by Gasteiger charge is -2.18. The molecule has 0 spiro atoms. The molecule has 0 aromatic rings. The van der Waals surface area contributed by atoms with E-state index in [0.29, 0.717) is 12.5 Å². The van der Waals surface area contributed by atoms with E-state index in [1.807, 2.05) is 13.8 Å². The average Bonchev–Trinajstić information content (AvgIpc) is 2.23. The van der Waals surface area contributed by atoms with Gasteiger partial charge in [0.25, 0.3) is 0 Å². The van der Waals surface area contributed by atoms with Gasteiger partial charge in [0.15, 0.2) is 0 Å². The van der Waals surface area contributed by atoms with E-state index in [4.69, 9.17) is 5.73 Å². The second kappa shape index (κ2) is 7.01. The van der Waals surface area contributed by atoms with Crippen molar-refractivity contribution in [3.63, 3.8) is 0 Å². The summed E-state index contributed by atoms with van der Waals surface area (Å²) in [6.45, 7) is 7.24. The Labute approximate surface area is 114 Å². The highest BCUT2D eigenvalue weighted by atomic mass is 32.2. The van der Waals surface area contributed by atoms with Crippen LogP contribution in [0.3, 0.4) is 0 Å². The molecule has 0 aromatic heterocycles. The highest BCUT2D eigenvalue weighted by Gasteiger charge is 2.27. The first-order valence-corrected chi connectivity index (χ1v) is 7.61. The van der Waals surface area contributed by atoms with Crippen LogP contribution in [0.1, 0.15) is 27.7 Å². The number of hydrogen-bond donors (Lipinski definition) is 3. The number of hydrogen-bond acceptors (Lipinski definition) is 4. The van der Waals surface area contributed by atoms with Crippen LogP contribution in [0.4, 0.5) is 0 Å². The summed E-state index contributed by atoms with van der Waals surface area (Å²) in [6, 6.07) is -0.856. The maximum absolute atomic E-state index is 11.8. The van der Waals surface area contributed by atoms with Gasteiger partial charge in [0.2, 0.25) is 15.9 Å². The number of nitrogens with two attached hydrogens (primary N) is 1. The van der Waals surface area contributed by atoms with Gasteiger partial charge in [-0.2, -0.15) is 0 Å². The number of rotatable bonds is 7. The van der Waals surface area contributed by atoms with Crippen LogP contribution >= 0.6 is 12.2 Å². The molecule has 0 saturated carbocycles. The molecule has 4 N–H and O–H groups in total. The smallest absolute Gasteiger partial charge is 0.237 e. The zero-order valence-electron chi connectivity index (χ0n) is 11.1. The Kier molecular flexibility index (Phi) is 6.72. The third-order valence-electron chi connectivity index (χ3n) is 2.28. The molecule has 0 radical (unpaired) electrons. The molecular weight excluding hydrogens is 274 g/mol. The summed E-state index contributed by atoms with van der Waals surface area (Å²) in [5, 5.41) is 1.64. The van der Waals surface area contributed by atoms with Gasteiger partial charge in [-0.3, -0.25) is 4.79 Å². The minimum Gasteiger partial charge on any atom is -0.392 e. The second-order valence-electron chi connectivity index (χ2n) is 4.57. The molecule has 0 rings (SSSR count). The lowest BCUT2D eigenvalue weighted by atomic mass is 10.2. The van der Waals surface area contributed by atoms with Gasteiger partial charge in [-0.25, -0.2) is 13.1 Å². The van der Waals surface area contributed by atoms with Gasteiger partial charge in [-0.1, -0.05) is 26.1 Å². The summed E-state index contributed by atoms with van der Waals surface area (Å²) >= 11 is 4.63. The molecule has 1 amide bonds. The number of amides is 1. The van der Waals surface area contributed by atoms with Crippen molar-refractivity contribution in [1.29, 1.82) is 0 Å². The van der Waals surface area contributed by atoms with E-state index in [2.05, 4.69) is 22.3 Å². The Morgan fingerprint density at radius 2 is 1.78 bits per heavy atom. The van der Waals surface area contributed by atoms with Gasteiger partial charge in [0.05, 0.1) is 11.0 Å². The van der Waals surface area contributed by atoms with Gasteiger partial charge < -0.3 is 11.1 Å². The lowest BCUT2D eigenvalue weighted by Crippen LogP contribution is -2.49. The van der Waals surface area contributed by atoms with E-state index in [0.717, 1.165) is 0 Å². The van der Waals surface area contributed by atoms with Crippen LogP contribution in [0.15, 0.2) is 0 Å². The van der Waals surface area contributed by atoms with E-state index in [1.165, 1.54) is 13.8 Å². The molecule has 2 atom stereocenters. The van der Waals surface area contributed by atoms with Crippen LogP contribution in [0, 0.1) is 5.92 Å². The Morgan fingerprint density at radius 1 is 1.28 bits per heavy atom. The normalized spacial score (nSPS) is 15.2.